The molecule has 230 valence electrons. The fourth-order valence-electron chi connectivity index (χ4n) is 4.61. The van der Waals surface area contributed by atoms with Gasteiger partial charge in [0.25, 0.3) is 10.0 Å². The zero-order valence-corrected chi connectivity index (χ0v) is 26.3. The van der Waals surface area contributed by atoms with Gasteiger partial charge in [0.2, 0.25) is 11.8 Å². The number of rotatable bonds is 13. The van der Waals surface area contributed by atoms with Crippen LogP contribution in [0.5, 0.6) is 0 Å². The summed E-state index contributed by atoms with van der Waals surface area (Å²) in [5.74, 6) is -1.62. The van der Waals surface area contributed by atoms with E-state index in [1.807, 2.05) is 37.3 Å². The lowest BCUT2D eigenvalue weighted by Gasteiger charge is -2.34. The van der Waals surface area contributed by atoms with E-state index in [1.54, 1.807) is 30.3 Å². The molecule has 0 aromatic heterocycles. The maximum atomic E-state index is 14.4. The predicted molar refractivity (Wildman–Crippen MR) is 172 cm³/mol. The average Bonchev–Trinajstić information content (AvgIpc) is 3.02. The van der Waals surface area contributed by atoms with Crippen molar-refractivity contribution in [2.75, 3.05) is 17.4 Å². The number of sulfonamides is 1. The molecule has 4 rings (SSSR count). The summed E-state index contributed by atoms with van der Waals surface area (Å²) in [6.45, 7) is 1.53. The standard InChI is InChI=1S/C33H32Cl2FN3O4S/c1-2-19-37-33(41)31(20-24-9-5-3-6-10-24)38(22-25-13-14-26(34)21-30(25)35)32(40)23-39(28-17-15-27(36)16-18-28)44(42,43)29-11-7-4-8-12-29/h3-18,21,31H,2,19-20,22-23H2,1H3,(H,37,41)/t31-/m0/s1. The second kappa shape index (κ2) is 15.2. The van der Waals surface area contributed by atoms with Gasteiger partial charge in [0, 0.05) is 29.6 Å². The van der Waals surface area contributed by atoms with Gasteiger partial charge in [-0.2, -0.15) is 0 Å². The summed E-state index contributed by atoms with van der Waals surface area (Å²) in [7, 11) is -4.28. The highest BCUT2D eigenvalue weighted by Gasteiger charge is 2.34. The lowest BCUT2D eigenvalue weighted by Crippen LogP contribution is -2.53. The van der Waals surface area contributed by atoms with Gasteiger partial charge in [-0.15, -0.1) is 0 Å². The van der Waals surface area contributed by atoms with Crippen LogP contribution in [-0.2, 0) is 32.6 Å². The molecule has 0 aliphatic rings. The number of nitrogens with zero attached hydrogens (tertiary/aromatic N) is 2. The van der Waals surface area contributed by atoms with Gasteiger partial charge >= 0.3 is 0 Å². The van der Waals surface area contributed by atoms with Crippen molar-refractivity contribution < 1.29 is 22.4 Å². The molecule has 0 radical (unpaired) electrons. The molecule has 0 fully saturated rings. The minimum Gasteiger partial charge on any atom is -0.354 e. The Kier molecular flexibility index (Phi) is 11.4. The first-order chi connectivity index (χ1) is 21.1. The normalized spacial score (nSPS) is 11.9. The predicted octanol–water partition coefficient (Wildman–Crippen LogP) is 6.49. The summed E-state index contributed by atoms with van der Waals surface area (Å²) in [6, 6.07) is 25.5. The smallest absolute Gasteiger partial charge is 0.264 e. The number of anilines is 1. The van der Waals surface area contributed by atoms with Gasteiger partial charge in [-0.3, -0.25) is 13.9 Å². The minimum absolute atomic E-state index is 0.0501. The Morgan fingerprint density at radius 1 is 0.886 bits per heavy atom. The van der Waals surface area contributed by atoms with Crippen LogP contribution in [0.25, 0.3) is 0 Å². The molecule has 1 atom stereocenters. The van der Waals surface area contributed by atoms with E-state index < -0.39 is 40.2 Å². The molecule has 11 heteroatoms. The Hall–Kier alpha value is -3.92. The summed E-state index contributed by atoms with van der Waals surface area (Å²) >= 11 is 12.6. The van der Waals surface area contributed by atoms with E-state index in [2.05, 4.69) is 5.32 Å². The molecular formula is C33H32Cl2FN3O4S. The zero-order valence-electron chi connectivity index (χ0n) is 24.0. The van der Waals surface area contributed by atoms with Crippen LogP contribution in [-0.4, -0.2) is 44.3 Å². The number of nitrogens with one attached hydrogen (secondary N) is 1. The fourth-order valence-corrected chi connectivity index (χ4v) is 6.51. The van der Waals surface area contributed by atoms with Crippen LogP contribution in [0.1, 0.15) is 24.5 Å². The second-order valence-electron chi connectivity index (χ2n) is 10.1. The van der Waals surface area contributed by atoms with Gasteiger partial charge in [-0.1, -0.05) is 84.7 Å². The molecule has 4 aromatic rings. The van der Waals surface area contributed by atoms with Crippen LogP contribution in [0, 0.1) is 5.82 Å². The summed E-state index contributed by atoms with van der Waals surface area (Å²) in [6.07, 6.45) is 0.837. The fraction of sp³-hybridized carbons (Fsp3) is 0.212. The van der Waals surface area contributed by atoms with Crippen molar-refractivity contribution in [3.05, 3.63) is 130 Å². The highest BCUT2D eigenvalue weighted by molar-refractivity contribution is 7.92. The van der Waals surface area contributed by atoms with Crippen LogP contribution >= 0.6 is 23.2 Å². The van der Waals surface area contributed by atoms with Crippen LogP contribution < -0.4 is 9.62 Å². The van der Waals surface area contributed by atoms with Gasteiger partial charge in [0.05, 0.1) is 10.6 Å². The third-order valence-corrected chi connectivity index (χ3v) is 9.28. The van der Waals surface area contributed by atoms with E-state index in [-0.39, 0.29) is 28.6 Å². The molecule has 0 spiro atoms. The van der Waals surface area contributed by atoms with Crippen LogP contribution in [0.3, 0.4) is 0 Å². The first-order valence-electron chi connectivity index (χ1n) is 14.0. The van der Waals surface area contributed by atoms with Crippen molar-refractivity contribution in [3.8, 4) is 0 Å². The zero-order chi connectivity index (χ0) is 31.7. The van der Waals surface area contributed by atoms with Gasteiger partial charge in [0.15, 0.2) is 0 Å². The Morgan fingerprint density at radius 2 is 1.52 bits per heavy atom. The van der Waals surface area contributed by atoms with Gasteiger partial charge in [0.1, 0.15) is 18.4 Å². The maximum absolute atomic E-state index is 14.4. The van der Waals surface area contributed by atoms with Crippen molar-refractivity contribution in [2.24, 2.45) is 0 Å². The van der Waals surface area contributed by atoms with Crippen LogP contribution in [0.15, 0.2) is 108 Å². The number of halogens is 3. The maximum Gasteiger partial charge on any atom is 0.264 e. The van der Waals surface area contributed by atoms with Crippen molar-refractivity contribution >= 4 is 50.7 Å². The molecule has 44 heavy (non-hydrogen) atoms. The summed E-state index contributed by atoms with van der Waals surface area (Å²) in [5, 5.41) is 3.57. The number of carbonyl (C=O) groups excluding carboxylic acids is 2. The van der Waals surface area contributed by atoms with E-state index in [1.165, 1.54) is 35.2 Å². The summed E-state index contributed by atoms with van der Waals surface area (Å²) in [5.41, 5.74) is 1.41. The van der Waals surface area contributed by atoms with Crippen LogP contribution in [0.4, 0.5) is 10.1 Å². The van der Waals surface area contributed by atoms with Crippen molar-refractivity contribution in [1.82, 2.24) is 10.2 Å². The van der Waals surface area contributed by atoms with E-state index in [0.717, 1.165) is 22.0 Å². The highest BCUT2D eigenvalue weighted by Crippen LogP contribution is 2.27. The lowest BCUT2D eigenvalue weighted by molar-refractivity contribution is -0.140. The monoisotopic (exact) mass is 655 g/mol. The van der Waals surface area contributed by atoms with E-state index in [0.29, 0.717) is 23.6 Å². The SMILES string of the molecule is CCCNC(=O)[C@H](Cc1ccccc1)N(Cc1ccc(Cl)cc1Cl)C(=O)CN(c1ccc(F)cc1)S(=O)(=O)c1ccccc1. The molecule has 0 saturated carbocycles. The number of benzene rings is 4. The van der Waals surface area contributed by atoms with Crippen molar-refractivity contribution in [2.45, 2.75) is 37.2 Å². The summed E-state index contributed by atoms with van der Waals surface area (Å²) in [4.78, 5) is 29.3. The second-order valence-corrected chi connectivity index (χ2v) is 12.8. The minimum atomic E-state index is -4.28. The lowest BCUT2D eigenvalue weighted by atomic mass is 10.0. The quantitative estimate of drug-likeness (QED) is 0.178. The molecule has 2 amide bonds. The molecule has 7 nitrogen and oxygen atoms in total. The molecule has 0 aliphatic carbocycles. The third-order valence-electron chi connectivity index (χ3n) is 6.90. The Balaban J connectivity index is 1.80. The largest absolute Gasteiger partial charge is 0.354 e. The molecule has 0 aliphatic heterocycles. The van der Waals surface area contributed by atoms with E-state index in [9.17, 15) is 22.4 Å². The first kappa shape index (κ1) is 33.0. The van der Waals surface area contributed by atoms with Crippen LogP contribution in [0.2, 0.25) is 10.0 Å². The molecule has 0 saturated heterocycles. The average molecular weight is 657 g/mol. The van der Waals surface area contributed by atoms with Gasteiger partial charge in [-0.25, -0.2) is 12.8 Å². The molecule has 0 bridgehead atoms. The topological polar surface area (TPSA) is 86.8 Å². The Bertz CT molecular complexity index is 1670. The number of hydrogen-bond acceptors (Lipinski definition) is 4. The molecule has 0 unspecified atom stereocenters. The number of carbonyl (C=O) groups is 2. The highest BCUT2D eigenvalue weighted by atomic mass is 35.5. The number of amides is 2. The van der Waals surface area contributed by atoms with Crippen molar-refractivity contribution in [3.63, 3.8) is 0 Å². The third kappa shape index (κ3) is 8.37. The molecule has 0 heterocycles. The van der Waals surface area contributed by atoms with Gasteiger partial charge in [-0.05, 0) is 66.1 Å². The summed E-state index contributed by atoms with van der Waals surface area (Å²) < 4.78 is 42.6. The molecular weight excluding hydrogens is 624 g/mol. The van der Waals surface area contributed by atoms with E-state index >= 15 is 0 Å². The number of hydrogen-bond donors (Lipinski definition) is 1. The first-order valence-corrected chi connectivity index (χ1v) is 16.2. The Morgan fingerprint density at radius 3 is 2.14 bits per heavy atom. The van der Waals surface area contributed by atoms with Gasteiger partial charge < -0.3 is 10.2 Å². The van der Waals surface area contributed by atoms with Crippen molar-refractivity contribution in [1.29, 1.82) is 0 Å². The van der Waals surface area contributed by atoms with E-state index in [4.69, 9.17) is 23.2 Å². The molecule has 4 aromatic carbocycles. The Labute approximate surface area is 267 Å². The molecule has 1 N–H and O–H groups in total.